The number of fused-ring (bicyclic) bond motifs is 1. The lowest BCUT2D eigenvalue weighted by atomic mass is 9.74. The van der Waals surface area contributed by atoms with Gasteiger partial charge in [-0.3, -0.25) is 0 Å². The summed E-state index contributed by atoms with van der Waals surface area (Å²) in [4.78, 5) is 0. The van der Waals surface area contributed by atoms with E-state index in [9.17, 15) is 0 Å². The monoisotopic (exact) mass is 200 g/mol. The molecule has 0 spiro atoms. The Kier molecular flexibility index (Phi) is 2.12. The maximum absolute atomic E-state index is 2.43. The molecule has 0 aliphatic heterocycles. The van der Waals surface area contributed by atoms with Crippen molar-refractivity contribution in [3.8, 4) is 0 Å². The smallest absolute Gasteiger partial charge is 0.00161 e. The number of hydrogen-bond acceptors (Lipinski definition) is 0. The summed E-state index contributed by atoms with van der Waals surface area (Å²) in [6, 6.07) is 11.3. The fraction of sp³-hybridized carbons (Fsp3) is 0.600. The van der Waals surface area contributed by atoms with Crippen LogP contribution >= 0.6 is 0 Å². The second-order valence-corrected chi connectivity index (χ2v) is 5.66. The van der Waals surface area contributed by atoms with Crippen LogP contribution in [0.1, 0.15) is 44.6 Å². The van der Waals surface area contributed by atoms with Gasteiger partial charge in [0.05, 0.1) is 0 Å². The van der Waals surface area contributed by atoms with Crippen LogP contribution in [-0.4, -0.2) is 0 Å². The Hall–Kier alpha value is -0.780. The summed E-state index contributed by atoms with van der Waals surface area (Å²) in [5.41, 5.74) is 2.19. The Morgan fingerprint density at radius 2 is 2.00 bits per heavy atom. The van der Waals surface area contributed by atoms with Crippen molar-refractivity contribution in [2.75, 3.05) is 0 Å². The molecule has 0 N–H and O–H groups in total. The van der Waals surface area contributed by atoms with E-state index in [2.05, 4.69) is 37.3 Å². The minimum Gasteiger partial charge on any atom is -0.0625 e. The Morgan fingerprint density at radius 1 is 1.20 bits per heavy atom. The van der Waals surface area contributed by atoms with Gasteiger partial charge in [0, 0.05) is 0 Å². The molecule has 15 heavy (non-hydrogen) atoms. The first-order valence-corrected chi connectivity index (χ1v) is 6.37. The van der Waals surface area contributed by atoms with Crippen molar-refractivity contribution < 1.29 is 0 Å². The van der Waals surface area contributed by atoms with Gasteiger partial charge in [-0.05, 0) is 48.5 Å². The predicted molar refractivity (Wildman–Crippen MR) is 63.9 cm³/mol. The summed E-state index contributed by atoms with van der Waals surface area (Å²) in [5.74, 6) is 1.92. The van der Waals surface area contributed by atoms with E-state index in [0.29, 0.717) is 5.41 Å². The molecule has 0 saturated heterocycles. The molecule has 1 aromatic rings. The Morgan fingerprint density at radius 3 is 2.80 bits per heavy atom. The molecule has 3 unspecified atom stereocenters. The molecule has 2 aliphatic rings. The second-order valence-electron chi connectivity index (χ2n) is 5.66. The van der Waals surface area contributed by atoms with Gasteiger partial charge in [0.1, 0.15) is 0 Å². The van der Waals surface area contributed by atoms with Crippen LogP contribution in [0.5, 0.6) is 0 Å². The third-order valence-electron chi connectivity index (χ3n) is 4.71. The average Bonchev–Trinajstić information content (AvgIpc) is 2.75. The van der Waals surface area contributed by atoms with E-state index in [1.807, 2.05) is 0 Å². The molecule has 0 heteroatoms. The Labute approximate surface area is 92.7 Å². The van der Waals surface area contributed by atoms with Crippen molar-refractivity contribution in [2.24, 2.45) is 11.8 Å². The number of hydrogen-bond donors (Lipinski definition) is 0. The van der Waals surface area contributed by atoms with Gasteiger partial charge in [-0.15, -0.1) is 0 Å². The highest BCUT2D eigenvalue weighted by atomic mass is 14.5. The first-order valence-electron chi connectivity index (χ1n) is 6.37. The Balaban J connectivity index is 2.02. The van der Waals surface area contributed by atoms with Crippen LogP contribution in [-0.2, 0) is 5.41 Å². The van der Waals surface area contributed by atoms with Crippen molar-refractivity contribution >= 4 is 0 Å². The fourth-order valence-electron chi connectivity index (χ4n) is 4.22. The maximum Gasteiger partial charge on any atom is -0.00161 e. The lowest BCUT2D eigenvalue weighted by Crippen LogP contribution is -2.25. The van der Waals surface area contributed by atoms with Gasteiger partial charge in [-0.2, -0.15) is 0 Å². The van der Waals surface area contributed by atoms with E-state index in [1.54, 1.807) is 5.56 Å². The van der Waals surface area contributed by atoms with E-state index < -0.39 is 0 Å². The first kappa shape index (κ1) is 9.45. The van der Waals surface area contributed by atoms with Crippen molar-refractivity contribution in [2.45, 2.75) is 44.4 Å². The fourth-order valence-corrected chi connectivity index (χ4v) is 4.22. The van der Waals surface area contributed by atoms with Gasteiger partial charge in [-0.1, -0.05) is 43.7 Å². The van der Waals surface area contributed by atoms with E-state index in [4.69, 9.17) is 0 Å². The van der Waals surface area contributed by atoms with E-state index in [1.165, 1.54) is 32.1 Å². The highest BCUT2D eigenvalue weighted by Gasteiger charge is 2.49. The van der Waals surface area contributed by atoms with Crippen LogP contribution in [0.2, 0.25) is 0 Å². The standard InChI is InChI=1S/C15H20/c1-12-10-14-8-5-9-15(14,11-12)13-6-3-2-4-7-13/h2-4,6-7,12,14H,5,8-11H2,1H3. The molecule has 0 amide bonds. The molecule has 0 heterocycles. The second kappa shape index (κ2) is 3.37. The molecule has 0 bridgehead atoms. The molecule has 3 atom stereocenters. The number of rotatable bonds is 1. The zero-order valence-corrected chi connectivity index (χ0v) is 9.58. The summed E-state index contributed by atoms with van der Waals surface area (Å²) in [7, 11) is 0. The zero-order chi connectivity index (χ0) is 10.3. The molecule has 0 nitrogen and oxygen atoms in total. The average molecular weight is 200 g/mol. The van der Waals surface area contributed by atoms with Gasteiger partial charge < -0.3 is 0 Å². The van der Waals surface area contributed by atoms with Crippen molar-refractivity contribution in [3.05, 3.63) is 35.9 Å². The van der Waals surface area contributed by atoms with Gasteiger partial charge in [-0.25, -0.2) is 0 Å². The van der Waals surface area contributed by atoms with Gasteiger partial charge in [0.2, 0.25) is 0 Å². The zero-order valence-electron chi connectivity index (χ0n) is 9.58. The normalized spacial score (nSPS) is 39.3. The highest BCUT2D eigenvalue weighted by Crippen LogP contribution is 2.57. The van der Waals surface area contributed by atoms with Gasteiger partial charge in [0.15, 0.2) is 0 Å². The number of benzene rings is 1. The molecule has 3 rings (SSSR count). The third kappa shape index (κ3) is 1.34. The minimum atomic E-state index is 0.570. The lowest BCUT2D eigenvalue weighted by molar-refractivity contribution is 0.367. The minimum absolute atomic E-state index is 0.570. The van der Waals surface area contributed by atoms with Crippen LogP contribution in [0, 0.1) is 11.8 Å². The summed E-state index contributed by atoms with van der Waals surface area (Å²) in [5, 5.41) is 0. The molecule has 2 saturated carbocycles. The highest BCUT2D eigenvalue weighted by molar-refractivity contribution is 5.29. The summed E-state index contributed by atoms with van der Waals surface area (Å²) >= 11 is 0. The molecule has 1 aromatic carbocycles. The van der Waals surface area contributed by atoms with Crippen LogP contribution in [0.25, 0.3) is 0 Å². The predicted octanol–water partition coefficient (Wildman–Crippen LogP) is 4.15. The third-order valence-corrected chi connectivity index (χ3v) is 4.71. The maximum atomic E-state index is 2.43. The molecular formula is C15H20. The van der Waals surface area contributed by atoms with Crippen molar-refractivity contribution in [1.29, 1.82) is 0 Å². The van der Waals surface area contributed by atoms with Crippen LogP contribution in [0.3, 0.4) is 0 Å². The van der Waals surface area contributed by atoms with E-state index >= 15 is 0 Å². The largest absolute Gasteiger partial charge is 0.0625 e. The van der Waals surface area contributed by atoms with Gasteiger partial charge in [0.25, 0.3) is 0 Å². The molecule has 0 aromatic heterocycles. The Bertz CT molecular complexity index is 340. The molecular weight excluding hydrogens is 180 g/mol. The quantitative estimate of drug-likeness (QED) is 0.638. The summed E-state index contributed by atoms with van der Waals surface area (Å²) in [6.07, 6.45) is 7.26. The van der Waals surface area contributed by atoms with Crippen molar-refractivity contribution in [1.82, 2.24) is 0 Å². The van der Waals surface area contributed by atoms with E-state index in [0.717, 1.165) is 11.8 Å². The lowest BCUT2D eigenvalue weighted by Gasteiger charge is -2.30. The SMILES string of the molecule is CC1CC2CCCC2(c2ccccc2)C1. The van der Waals surface area contributed by atoms with Crippen molar-refractivity contribution in [3.63, 3.8) is 0 Å². The molecule has 80 valence electrons. The van der Waals surface area contributed by atoms with Gasteiger partial charge >= 0.3 is 0 Å². The van der Waals surface area contributed by atoms with Crippen LogP contribution < -0.4 is 0 Å². The summed E-state index contributed by atoms with van der Waals surface area (Å²) in [6.45, 7) is 2.43. The van der Waals surface area contributed by atoms with Crippen LogP contribution in [0.4, 0.5) is 0 Å². The van der Waals surface area contributed by atoms with Crippen LogP contribution in [0.15, 0.2) is 30.3 Å². The summed E-state index contributed by atoms with van der Waals surface area (Å²) < 4.78 is 0. The molecule has 2 aliphatic carbocycles. The topological polar surface area (TPSA) is 0 Å². The molecule has 2 fully saturated rings. The molecule has 0 radical (unpaired) electrons. The first-order chi connectivity index (χ1) is 7.31. The van der Waals surface area contributed by atoms with E-state index in [-0.39, 0.29) is 0 Å².